The van der Waals surface area contributed by atoms with Crippen molar-refractivity contribution in [1.29, 1.82) is 0 Å². The van der Waals surface area contributed by atoms with E-state index in [0.29, 0.717) is 0 Å². The lowest BCUT2D eigenvalue weighted by Gasteiger charge is -2.16. The molecular weight excluding hydrogens is 256 g/mol. The van der Waals surface area contributed by atoms with Crippen molar-refractivity contribution in [2.24, 2.45) is 11.5 Å². The first-order valence-corrected chi connectivity index (χ1v) is 5.28. The molecule has 0 fully saturated rings. The maximum absolute atomic E-state index is 11.2. The Kier molecular flexibility index (Phi) is 6.82. The Labute approximate surface area is 109 Å². The number of hydrogen-bond acceptors (Lipinski definition) is 5. The van der Waals surface area contributed by atoms with Crippen LogP contribution in [0.25, 0.3) is 0 Å². The molecular formula is C10H16N4O5. The van der Waals surface area contributed by atoms with Crippen molar-refractivity contribution in [1.82, 2.24) is 10.6 Å². The van der Waals surface area contributed by atoms with Gasteiger partial charge < -0.3 is 27.2 Å². The molecule has 0 bridgehead atoms. The molecule has 19 heavy (non-hydrogen) atoms. The number of aliphatic carboxylic acids is 1. The lowest BCUT2D eigenvalue weighted by Crippen LogP contribution is -2.52. The van der Waals surface area contributed by atoms with Gasteiger partial charge in [-0.3, -0.25) is 14.4 Å². The highest BCUT2D eigenvalue weighted by molar-refractivity contribution is 5.96. The summed E-state index contributed by atoms with van der Waals surface area (Å²) in [5.41, 5.74) is 10.0. The number of carboxylic acid groups (broad SMARTS) is 1. The fraction of sp³-hybridized carbons (Fsp3) is 0.400. The summed E-state index contributed by atoms with van der Waals surface area (Å²) < 4.78 is 0. The summed E-state index contributed by atoms with van der Waals surface area (Å²) in [5.74, 6) is -3.50. The van der Waals surface area contributed by atoms with Crippen molar-refractivity contribution in [3.05, 3.63) is 12.2 Å². The molecule has 0 aliphatic carbocycles. The summed E-state index contributed by atoms with van der Waals surface area (Å²) in [6.07, 6.45) is 1.68. The number of nitrogens with two attached hydrogens (primary N) is 2. The number of carbonyl (C=O) groups is 4. The van der Waals surface area contributed by atoms with Crippen molar-refractivity contribution in [2.45, 2.75) is 19.0 Å². The smallest absolute Gasteiger partial charge is 0.328 e. The Balaban J connectivity index is 4.38. The highest BCUT2D eigenvalue weighted by Crippen LogP contribution is 1.86. The second-order valence-corrected chi connectivity index (χ2v) is 3.67. The molecule has 0 saturated carbocycles. The highest BCUT2D eigenvalue weighted by Gasteiger charge is 2.21. The normalized spacial score (nSPS) is 13.6. The van der Waals surface area contributed by atoms with Crippen LogP contribution in [0.2, 0.25) is 0 Å². The van der Waals surface area contributed by atoms with Crippen LogP contribution in [0.15, 0.2) is 12.2 Å². The van der Waals surface area contributed by atoms with E-state index in [1.54, 1.807) is 0 Å². The number of primary amides is 1. The molecule has 2 unspecified atom stereocenters. The third-order valence-corrected chi connectivity index (χ3v) is 1.91. The first-order valence-electron chi connectivity index (χ1n) is 5.28. The zero-order valence-electron chi connectivity index (χ0n) is 10.3. The van der Waals surface area contributed by atoms with E-state index in [1.807, 2.05) is 0 Å². The van der Waals surface area contributed by atoms with Gasteiger partial charge in [-0.25, -0.2) is 4.79 Å². The molecule has 0 spiro atoms. The monoisotopic (exact) mass is 272 g/mol. The molecule has 3 amide bonds. The van der Waals surface area contributed by atoms with E-state index in [-0.39, 0.29) is 6.54 Å². The third-order valence-electron chi connectivity index (χ3n) is 1.91. The van der Waals surface area contributed by atoms with Crippen molar-refractivity contribution in [3.63, 3.8) is 0 Å². The first-order chi connectivity index (χ1) is 8.73. The van der Waals surface area contributed by atoms with Gasteiger partial charge in [0.2, 0.25) is 17.7 Å². The fourth-order valence-corrected chi connectivity index (χ4v) is 0.923. The van der Waals surface area contributed by atoms with Gasteiger partial charge in [0, 0.05) is 18.7 Å². The van der Waals surface area contributed by atoms with Crippen LogP contribution in [-0.4, -0.2) is 47.4 Å². The van der Waals surface area contributed by atoms with Gasteiger partial charge in [-0.05, 0) is 6.92 Å². The molecule has 0 aromatic rings. The average Bonchev–Trinajstić information content (AvgIpc) is 2.30. The van der Waals surface area contributed by atoms with Gasteiger partial charge in [0.15, 0.2) is 0 Å². The van der Waals surface area contributed by atoms with Gasteiger partial charge in [-0.1, -0.05) is 0 Å². The molecule has 9 heteroatoms. The fourth-order valence-electron chi connectivity index (χ4n) is 0.923. The van der Waals surface area contributed by atoms with Crippen LogP contribution in [0.4, 0.5) is 0 Å². The molecule has 0 rings (SSSR count). The maximum atomic E-state index is 11.2. The second-order valence-electron chi connectivity index (χ2n) is 3.67. The summed E-state index contributed by atoms with van der Waals surface area (Å²) in [6, 6.07) is -2.18. The van der Waals surface area contributed by atoms with Gasteiger partial charge >= 0.3 is 5.97 Å². The Hall–Kier alpha value is -2.42. The molecule has 9 nitrogen and oxygen atoms in total. The summed E-state index contributed by atoms with van der Waals surface area (Å²) >= 11 is 0. The molecule has 0 aromatic heterocycles. The standard InChI is InChI=1S/C10H16N4O5/c1-5(11)9(17)14-6(10(18)19)4-13-8(16)3-2-7(12)15/h2-3,5-6H,4,11H2,1H3,(H2,12,15)(H,13,16)(H,14,17)(H,18,19). The number of carboxylic acids is 1. The third kappa shape index (κ3) is 7.49. The average molecular weight is 272 g/mol. The lowest BCUT2D eigenvalue weighted by atomic mass is 10.2. The van der Waals surface area contributed by atoms with E-state index in [0.717, 1.165) is 12.2 Å². The second kappa shape index (κ2) is 7.82. The summed E-state index contributed by atoms with van der Waals surface area (Å²) in [6.45, 7) is 1.04. The van der Waals surface area contributed by atoms with Gasteiger partial charge in [-0.2, -0.15) is 0 Å². The molecule has 0 saturated heterocycles. The molecule has 2 atom stereocenters. The quantitative estimate of drug-likeness (QED) is 0.311. The van der Waals surface area contributed by atoms with E-state index >= 15 is 0 Å². The molecule has 0 aliphatic heterocycles. The molecule has 106 valence electrons. The van der Waals surface area contributed by atoms with E-state index in [4.69, 9.17) is 16.6 Å². The minimum absolute atomic E-state index is 0.351. The maximum Gasteiger partial charge on any atom is 0.328 e. The Morgan fingerprint density at radius 2 is 1.84 bits per heavy atom. The highest BCUT2D eigenvalue weighted by atomic mass is 16.4. The van der Waals surface area contributed by atoms with Crippen molar-refractivity contribution in [2.75, 3.05) is 6.54 Å². The zero-order chi connectivity index (χ0) is 15.0. The van der Waals surface area contributed by atoms with Gasteiger partial charge in [0.05, 0.1) is 6.04 Å². The molecule has 0 heterocycles. The number of nitrogens with one attached hydrogen (secondary N) is 2. The van der Waals surface area contributed by atoms with E-state index in [2.05, 4.69) is 10.6 Å². The van der Waals surface area contributed by atoms with Crippen LogP contribution in [0, 0.1) is 0 Å². The largest absolute Gasteiger partial charge is 0.480 e. The Bertz CT molecular complexity index is 405. The molecule has 0 radical (unpaired) electrons. The molecule has 0 aromatic carbocycles. The zero-order valence-corrected chi connectivity index (χ0v) is 10.3. The van der Waals surface area contributed by atoms with Crippen molar-refractivity contribution in [3.8, 4) is 0 Å². The van der Waals surface area contributed by atoms with Gasteiger partial charge in [0.25, 0.3) is 0 Å². The van der Waals surface area contributed by atoms with E-state index in [9.17, 15) is 19.2 Å². The SMILES string of the molecule is CC(N)C(=O)NC(CNC(=O)C=CC(N)=O)C(=O)O. The van der Waals surface area contributed by atoms with Crippen LogP contribution in [0.5, 0.6) is 0 Å². The first kappa shape index (κ1) is 16.6. The van der Waals surface area contributed by atoms with Crippen LogP contribution >= 0.6 is 0 Å². The van der Waals surface area contributed by atoms with E-state index < -0.39 is 35.8 Å². The van der Waals surface area contributed by atoms with Crippen LogP contribution < -0.4 is 22.1 Å². The molecule has 0 aliphatic rings. The number of carbonyl (C=O) groups excluding carboxylic acids is 3. The van der Waals surface area contributed by atoms with Crippen molar-refractivity contribution >= 4 is 23.7 Å². The Morgan fingerprint density at radius 3 is 2.26 bits per heavy atom. The topological polar surface area (TPSA) is 165 Å². The minimum atomic E-state index is -1.33. The van der Waals surface area contributed by atoms with Gasteiger partial charge in [-0.15, -0.1) is 0 Å². The van der Waals surface area contributed by atoms with Crippen molar-refractivity contribution < 1.29 is 24.3 Å². The predicted octanol–water partition coefficient (Wildman–Crippen LogP) is -2.94. The van der Waals surface area contributed by atoms with E-state index in [1.165, 1.54) is 6.92 Å². The number of hydrogen-bond donors (Lipinski definition) is 5. The predicted molar refractivity (Wildman–Crippen MR) is 64.6 cm³/mol. The van der Waals surface area contributed by atoms with Crippen LogP contribution in [0.3, 0.4) is 0 Å². The minimum Gasteiger partial charge on any atom is -0.480 e. The van der Waals surface area contributed by atoms with Gasteiger partial charge in [0.1, 0.15) is 6.04 Å². The lowest BCUT2D eigenvalue weighted by molar-refractivity contribution is -0.141. The molecule has 7 N–H and O–H groups in total. The van der Waals surface area contributed by atoms with Crippen LogP contribution in [-0.2, 0) is 19.2 Å². The summed E-state index contributed by atoms with van der Waals surface area (Å²) in [7, 11) is 0. The number of amides is 3. The van der Waals surface area contributed by atoms with Crippen LogP contribution in [0.1, 0.15) is 6.92 Å². The Morgan fingerprint density at radius 1 is 1.26 bits per heavy atom. The number of rotatable bonds is 7. The summed E-state index contributed by atoms with van der Waals surface area (Å²) in [4.78, 5) is 43.6. The summed E-state index contributed by atoms with van der Waals surface area (Å²) in [5, 5.41) is 13.2.